The summed E-state index contributed by atoms with van der Waals surface area (Å²) in [6.45, 7) is 4.46. The van der Waals surface area contributed by atoms with Crippen molar-refractivity contribution >= 4 is 11.8 Å². The largest absolute Gasteiger partial charge is 0.493 e. The fraction of sp³-hybridized carbons (Fsp3) is 0.375. The summed E-state index contributed by atoms with van der Waals surface area (Å²) in [6.07, 6.45) is 3.86. The summed E-state index contributed by atoms with van der Waals surface area (Å²) in [5.74, 6) is 2.58. The van der Waals surface area contributed by atoms with E-state index >= 15 is 0 Å². The highest BCUT2D eigenvalue weighted by Crippen LogP contribution is 2.21. The number of thioether (sulfide) groups is 1. The van der Waals surface area contributed by atoms with Crippen molar-refractivity contribution < 1.29 is 4.74 Å². The van der Waals surface area contributed by atoms with Gasteiger partial charge in [-0.1, -0.05) is 48.5 Å². The molecule has 1 aliphatic rings. The van der Waals surface area contributed by atoms with Gasteiger partial charge in [0, 0.05) is 5.75 Å². The lowest BCUT2D eigenvalue weighted by Crippen LogP contribution is -2.30. The summed E-state index contributed by atoms with van der Waals surface area (Å²) in [7, 11) is 0. The molecule has 1 aromatic heterocycles. The van der Waals surface area contributed by atoms with Gasteiger partial charge >= 0.3 is 0 Å². The van der Waals surface area contributed by atoms with Gasteiger partial charge in [-0.3, -0.25) is 4.90 Å². The van der Waals surface area contributed by atoms with Gasteiger partial charge in [0.2, 0.25) is 0 Å². The molecule has 160 valence electrons. The Balaban J connectivity index is 1.39. The maximum atomic E-state index is 8.89. The van der Waals surface area contributed by atoms with E-state index in [1.165, 1.54) is 24.8 Å². The molecule has 0 aliphatic carbocycles. The Bertz CT molecular complexity index is 991. The van der Waals surface area contributed by atoms with E-state index in [0.29, 0.717) is 12.2 Å². The number of piperidine rings is 1. The van der Waals surface area contributed by atoms with Crippen molar-refractivity contribution in [2.45, 2.75) is 37.5 Å². The van der Waals surface area contributed by atoms with Gasteiger partial charge in [-0.05, 0) is 55.8 Å². The molecule has 7 heteroatoms. The Morgan fingerprint density at radius 1 is 0.935 bits per heavy atom. The van der Waals surface area contributed by atoms with E-state index in [-0.39, 0.29) is 0 Å². The number of rotatable bonds is 9. The van der Waals surface area contributed by atoms with E-state index in [0.717, 1.165) is 48.7 Å². The molecule has 1 saturated heterocycles. The Morgan fingerprint density at radius 3 is 2.45 bits per heavy atom. The smallest absolute Gasteiger partial charge is 0.191 e. The Kier molecular flexibility index (Phi) is 7.59. The molecular weight excluding hydrogens is 406 g/mol. The number of nitriles is 1. The summed E-state index contributed by atoms with van der Waals surface area (Å²) >= 11 is 1.67. The lowest BCUT2D eigenvalue weighted by Gasteiger charge is -2.26. The highest BCUT2D eigenvalue weighted by Gasteiger charge is 2.18. The summed E-state index contributed by atoms with van der Waals surface area (Å²) in [4.78, 5) is 2.48. The second-order valence-electron chi connectivity index (χ2n) is 7.64. The number of likely N-dealkylation sites (tertiary alicyclic amines) is 1. The first kappa shape index (κ1) is 21.4. The fourth-order valence-corrected chi connectivity index (χ4v) is 4.48. The molecule has 31 heavy (non-hydrogen) atoms. The molecular formula is C24H27N5OS. The molecule has 0 bridgehead atoms. The zero-order valence-electron chi connectivity index (χ0n) is 17.6. The van der Waals surface area contributed by atoms with Gasteiger partial charge in [0.1, 0.15) is 11.6 Å². The molecule has 0 unspecified atom stereocenters. The van der Waals surface area contributed by atoms with Gasteiger partial charge in [-0.15, -0.1) is 10.2 Å². The minimum atomic E-state index is 0.566. The average molecular weight is 434 g/mol. The molecule has 2 aromatic carbocycles. The molecule has 3 aromatic rings. The van der Waals surface area contributed by atoms with Gasteiger partial charge in [0.15, 0.2) is 5.16 Å². The molecule has 0 atom stereocenters. The minimum absolute atomic E-state index is 0.566. The van der Waals surface area contributed by atoms with E-state index in [4.69, 9.17) is 10.00 Å². The summed E-state index contributed by atoms with van der Waals surface area (Å²) < 4.78 is 8.06. The zero-order valence-corrected chi connectivity index (χ0v) is 18.4. The predicted molar refractivity (Wildman–Crippen MR) is 122 cm³/mol. The second-order valence-corrected chi connectivity index (χ2v) is 8.70. The molecule has 0 amide bonds. The summed E-state index contributed by atoms with van der Waals surface area (Å²) in [5.41, 5.74) is 1.88. The van der Waals surface area contributed by atoms with Crippen molar-refractivity contribution in [2.24, 2.45) is 0 Å². The van der Waals surface area contributed by atoms with Crippen molar-refractivity contribution in [3.05, 3.63) is 71.5 Å². The van der Waals surface area contributed by atoms with Crippen LogP contribution in [0.15, 0.2) is 59.8 Å². The van der Waals surface area contributed by atoms with Crippen LogP contribution in [0.4, 0.5) is 0 Å². The van der Waals surface area contributed by atoms with Crippen LogP contribution in [0.25, 0.3) is 0 Å². The number of nitrogens with zero attached hydrogens (tertiary/aromatic N) is 5. The minimum Gasteiger partial charge on any atom is -0.493 e. The Labute approximate surface area is 187 Å². The number of hydrogen-bond donors (Lipinski definition) is 0. The molecule has 0 saturated carbocycles. The lowest BCUT2D eigenvalue weighted by molar-refractivity contribution is 0.213. The van der Waals surface area contributed by atoms with Crippen LogP contribution in [-0.4, -0.2) is 45.1 Å². The van der Waals surface area contributed by atoms with Crippen LogP contribution in [0.2, 0.25) is 0 Å². The van der Waals surface area contributed by atoms with E-state index in [1.54, 1.807) is 23.9 Å². The first-order valence-corrected chi connectivity index (χ1v) is 11.7. The van der Waals surface area contributed by atoms with Crippen LogP contribution in [0.1, 0.15) is 36.2 Å². The number of aromatic nitrogens is 3. The van der Waals surface area contributed by atoms with E-state index < -0.39 is 0 Å². The lowest BCUT2D eigenvalue weighted by atomic mass is 10.1. The Hall–Kier alpha value is -2.82. The van der Waals surface area contributed by atoms with Crippen molar-refractivity contribution in [3.8, 4) is 11.8 Å². The second kappa shape index (κ2) is 11.0. The average Bonchev–Trinajstić information content (AvgIpc) is 3.19. The van der Waals surface area contributed by atoms with Crippen LogP contribution >= 0.6 is 11.8 Å². The van der Waals surface area contributed by atoms with Crippen molar-refractivity contribution in [2.75, 3.05) is 25.4 Å². The highest BCUT2D eigenvalue weighted by atomic mass is 32.2. The van der Waals surface area contributed by atoms with Gasteiger partial charge in [-0.2, -0.15) is 5.26 Å². The molecule has 0 spiro atoms. The maximum absolute atomic E-state index is 8.89. The molecule has 1 aliphatic heterocycles. The van der Waals surface area contributed by atoms with Crippen LogP contribution in [0.3, 0.4) is 0 Å². The fourth-order valence-electron chi connectivity index (χ4n) is 3.70. The van der Waals surface area contributed by atoms with E-state index in [2.05, 4.69) is 50.0 Å². The number of benzene rings is 2. The molecule has 6 nitrogen and oxygen atoms in total. The molecule has 4 rings (SSSR count). The van der Waals surface area contributed by atoms with Crippen molar-refractivity contribution in [1.29, 1.82) is 5.26 Å². The van der Waals surface area contributed by atoms with Crippen molar-refractivity contribution in [3.63, 3.8) is 0 Å². The zero-order chi connectivity index (χ0) is 21.3. The summed E-state index contributed by atoms with van der Waals surface area (Å²) in [5, 5.41) is 18.9. The first-order chi connectivity index (χ1) is 15.3. The van der Waals surface area contributed by atoms with Gasteiger partial charge < -0.3 is 9.30 Å². The van der Waals surface area contributed by atoms with Crippen LogP contribution in [0, 0.1) is 11.3 Å². The third-order valence-corrected chi connectivity index (χ3v) is 6.29. The third-order valence-electron chi connectivity index (χ3n) is 5.36. The maximum Gasteiger partial charge on any atom is 0.191 e. The van der Waals surface area contributed by atoms with Crippen LogP contribution in [0.5, 0.6) is 5.75 Å². The predicted octanol–water partition coefficient (Wildman–Crippen LogP) is 4.36. The standard InChI is InChI=1S/C24H27N5OS/c25-17-20-9-11-22(12-10-20)30-15-16-31-24-27-26-23(19-28-13-5-2-6-14-28)29(24)18-21-7-3-1-4-8-21/h1,3-4,7-12H,2,5-6,13-16,18-19H2. The monoisotopic (exact) mass is 433 g/mol. The van der Waals surface area contributed by atoms with Crippen LogP contribution in [-0.2, 0) is 13.1 Å². The first-order valence-electron chi connectivity index (χ1n) is 10.8. The van der Waals surface area contributed by atoms with Gasteiger partial charge in [-0.25, -0.2) is 0 Å². The highest BCUT2D eigenvalue weighted by molar-refractivity contribution is 7.99. The number of hydrogen-bond acceptors (Lipinski definition) is 6. The van der Waals surface area contributed by atoms with Gasteiger partial charge in [0.25, 0.3) is 0 Å². The molecule has 2 heterocycles. The SMILES string of the molecule is N#Cc1ccc(OCCSc2nnc(CN3CCCCC3)n2Cc2ccccc2)cc1. The topological polar surface area (TPSA) is 67.0 Å². The van der Waals surface area contributed by atoms with Crippen molar-refractivity contribution in [1.82, 2.24) is 19.7 Å². The molecule has 1 fully saturated rings. The molecule has 0 radical (unpaired) electrons. The van der Waals surface area contributed by atoms with E-state index in [1.807, 2.05) is 18.2 Å². The van der Waals surface area contributed by atoms with Gasteiger partial charge in [0.05, 0.1) is 31.3 Å². The quantitative estimate of drug-likeness (QED) is 0.369. The third kappa shape index (κ3) is 6.09. The normalized spacial score (nSPS) is 14.3. The van der Waals surface area contributed by atoms with E-state index in [9.17, 15) is 0 Å². The number of ether oxygens (including phenoxy) is 1. The summed E-state index contributed by atoms with van der Waals surface area (Å²) in [6, 6.07) is 19.8. The Morgan fingerprint density at radius 2 is 1.71 bits per heavy atom. The molecule has 0 N–H and O–H groups in total. The van der Waals surface area contributed by atoms with Crippen LogP contribution < -0.4 is 4.74 Å².